The first kappa shape index (κ1) is 13.6. The Morgan fingerprint density at radius 1 is 1.06 bits per heavy atom. The van der Waals surface area contributed by atoms with Crippen LogP contribution in [0.3, 0.4) is 0 Å². The Morgan fingerprint density at radius 3 is 2.29 bits per heavy atom. The van der Waals surface area contributed by atoms with Gasteiger partial charge in [0, 0.05) is 5.02 Å². The predicted octanol–water partition coefficient (Wildman–Crippen LogP) is 4.21. The molecule has 1 aromatic carbocycles. The van der Waals surface area contributed by atoms with Crippen LogP contribution in [0, 0.1) is 22.7 Å². The van der Waals surface area contributed by atoms with Gasteiger partial charge in [0.05, 0.1) is 11.1 Å². The molecule has 0 saturated carbocycles. The largest absolute Gasteiger partial charge is 0.192 e. The molecule has 3 heteroatoms. The summed E-state index contributed by atoms with van der Waals surface area (Å²) < 4.78 is 0. The second-order valence-electron chi connectivity index (χ2n) is 4.02. The van der Waals surface area contributed by atoms with E-state index >= 15 is 0 Å². The van der Waals surface area contributed by atoms with Crippen molar-refractivity contribution in [3.05, 3.63) is 33.8 Å². The van der Waals surface area contributed by atoms with E-state index in [4.69, 9.17) is 22.1 Å². The zero-order valence-electron chi connectivity index (χ0n) is 9.96. The Labute approximate surface area is 107 Å². The van der Waals surface area contributed by atoms with E-state index in [1.807, 2.05) is 12.1 Å². The lowest BCUT2D eigenvalue weighted by Crippen LogP contribution is -1.92. The van der Waals surface area contributed by atoms with Crippen molar-refractivity contribution in [2.75, 3.05) is 0 Å². The first-order valence-electron chi connectivity index (χ1n) is 5.85. The minimum absolute atomic E-state index is 0.356. The van der Waals surface area contributed by atoms with Gasteiger partial charge < -0.3 is 0 Å². The van der Waals surface area contributed by atoms with Crippen LogP contribution >= 0.6 is 11.6 Å². The van der Waals surface area contributed by atoms with Crippen LogP contribution in [0.1, 0.15) is 49.3 Å². The van der Waals surface area contributed by atoms with Crippen LogP contribution in [-0.4, -0.2) is 0 Å². The van der Waals surface area contributed by atoms with Gasteiger partial charge in [-0.15, -0.1) is 0 Å². The molecule has 0 unspecified atom stereocenters. The monoisotopic (exact) mass is 246 g/mol. The number of benzene rings is 1. The molecule has 0 radical (unpaired) electrons. The normalized spacial score (nSPS) is 9.65. The summed E-state index contributed by atoms with van der Waals surface area (Å²) >= 11 is 6.09. The highest BCUT2D eigenvalue weighted by molar-refractivity contribution is 6.31. The van der Waals surface area contributed by atoms with Crippen molar-refractivity contribution in [1.29, 1.82) is 10.5 Å². The zero-order chi connectivity index (χ0) is 12.7. The van der Waals surface area contributed by atoms with Gasteiger partial charge in [-0.05, 0) is 30.5 Å². The molecular weight excluding hydrogens is 232 g/mol. The Morgan fingerprint density at radius 2 is 1.71 bits per heavy atom. The summed E-state index contributed by atoms with van der Waals surface area (Å²) in [5.41, 5.74) is 1.75. The molecule has 0 saturated heterocycles. The maximum Gasteiger partial charge on any atom is 0.101 e. The summed E-state index contributed by atoms with van der Waals surface area (Å²) in [6.07, 6.45) is 5.54. The molecule has 88 valence electrons. The van der Waals surface area contributed by atoms with E-state index in [0.717, 1.165) is 18.4 Å². The predicted molar refractivity (Wildman–Crippen MR) is 68.7 cm³/mol. The van der Waals surface area contributed by atoms with Gasteiger partial charge in [-0.1, -0.05) is 37.8 Å². The van der Waals surface area contributed by atoms with Gasteiger partial charge in [0.25, 0.3) is 0 Å². The lowest BCUT2D eigenvalue weighted by molar-refractivity contribution is 0.667. The maximum absolute atomic E-state index is 8.93. The number of unbranched alkanes of at least 4 members (excludes halogenated alkanes) is 3. The third-order valence-electron chi connectivity index (χ3n) is 2.73. The fourth-order valence-corrected chi connectivity index (χ4v) is 2.00. The number of hydrogen-bond acceptors (Lipinski definition) is 2. The first-order valence-corrected chi connectivity index (χ1v) is 6.23. The van der Waals surface area contributed by atoms with Crippen LogP contribution in [0.25, 0.3) is 0 Å². The Bertz CT molecular complexity index is 466. The summed E-state index contributed by atoms with van der Waals surface area (Å²) in [7, 11) is 0. The van der Waals surface area contributed by atoms with Gasteiger partial charge in [-0.25, -0.2) is 0 Å². The molecule has 0 aromatic heterocycles. The van der Waals surface area contributed by atoms with Crippen molar-refractivity contribution in [3.63, 3.8) is 0 Å². The van der Waals surface area contributed by atoms with Crippen molar-refractivity contribution in [2.24, 2.45) is 0 Å². The molecule has 0 spiro atoms. The molecule has 0 amide bonds. The van der Waals surface area contributed by atoms with Crippen molar-refractivity contribution in [3.8, 4) is 12.1 Å². The summed E-state index contributed by atoms with van der Waals surface area (Å²) in [6.45, 7) is 2.17. The third-order valence-corrected chi connectivity index (χ3v) is 3.08. The minimum atomic E-state index is 0.356. The number of halogens is 1. The molecule has 17 heavy (non-hydrogen) atoms. The summed E-state index contributed by atoms with van der Waals surface area (Å²) in [5.74, 6) is 0. The molecule has 0 N–H and O–H groups in total. The molecule has 0 fully saturated rings. The Kier molecular flexibility index (Phi) is 5.53. The highest BCUT2D eigenvalue weighted by Gasteiger charge is 2.07. The van der Waals surface area contributed by atoms with E-state index in [2.05, 4.69) is 6.92 Å². The summed E-state index contributed by atoms with van der Waals surface area (Å²) in [5, 5.41) is 18.4. The van der Waals surface area contributed by atoms with Crippen molar-refractivity contribution in [2.45, 2.75) is 39.0 Å². The molecule has 0 aliphatic carbocycles. The van der Waals surface area contributed by atoms with Gasteiger partial charge >= 0.3 is 0 Å². The van der Waals surface area contributed by atoms with E-state index in [-0.39, 0.29) is 0 Å². The highest BCUT2D eigenvalue weighted by atomic mass is 35.5. The van der Waals surface area contributed by atoms with Crippen LogP contribution in [0.2, 0.25) is 5.02 Å². The SMILES string of the molecule is CCCCCCc1cc(C#N)c(C#N)cc1Cl. The standard InChI is InChI=1S/C14H15ClN2/c1-2-3-4-5-6-11-7-12(9-16)13(10-17)8-14(11)15/h7-8H,2-6H2,1H3. The Balaban J connectivity index is 2.80. The van der Waals surface area contributed by atoms with Crippen LogP contribution < -0.4 is 0 Å². The van der Waals surface area contributed by atoms with Crippen molar-refractivity contribution >= 4 is 11.6 Å². The smallest absolute Gasteiger partial charge is 0.101 e. The van der Waals surface area contributed by atoms with Gasteiger partial charge in [0.1, 0.15) is 12.1 Å². The number of hydrogen-bond donors (Lipinski definition) is 0. The van der Waals surface area contributed by atoms with Crippen LogP contribution in [0.15, 0.2) is 12.1 Å². The average molecular weight is 247 g/mol. The molecule has 0 heterocycles. The lowest BCUT2D eigenvalue weighted by Gasteiger charge is -2.05. The number of nitrogens with zero attached hydrogens (tertiary/aromatic N) is 2. The van der Waals surface area contributed by atoms with Crippen molar-refractivity contribution in [1.82, 2.24) is 0 Å². The van der Waals surface area contributed by atoms with E-state index in [9.17, 15) is 0 Å². The quantitative estimate of drug-likeness (QED) is 0.731. The molecule has 0 aliphatic heterocycles. The van der Waals surface area contributed by atoms with Crippen molar-refractivity contribution < 1.29 is 0 Å². The van der Waals surface area contributed by atoms with Crippen LogP contribution in [-0.2, 0) is 6.42 Å². The molecule has 1 rings (SSSR count). The molecule has 2 nitrogen and oxygen atoms in total. The lowest BCUT2D eigenvalue weighted by atomic mass is 10.0. The van der Waals surface area contributed by atoms with E-state index in [1.54, 1.807) is 12.1 Å². The third kappa shape index (κ3) is 3.77. The van der Waals surface area contributed by atoms with Crippen LogP contribution in [0.4, 0.5) is 0 Å². The number of nitriles is 2. The highest BCUT2D eigenvalue weighted by Crippen LogP contribution is 2.23. The summed E-state index contributed by atoms with van der Waals surface area (Å²) in [4.78, 5) is 0. The second kappa shape index (κ2) is 6.94. The van der Waals surface area contributed by atoms with Gasteiger partial charge in [0.15, 0.2) is 0 Å². The molecule has 0 bridgehead atoms. The summed E-state index contributed by atoms with van der Waals surface area (Å²) in [6, 6.07) is 7.35. The van der Waals surface area contributed by atoms with Gasteiger partial charge in [0.2, 0.25) is 0 Å². The molecule has 0 aliphatic rings. The van der Waals surface area contributed by atoms with Gasteiger partial charge in [-0.2, -0.15) is 10.5 Å². The fourth-order valence-electron chi connectivity index (χ4n) is 1.74. The van der Waals surface area contributed by atoms with Crippen LogP contribution in [0.5, 0.6) is 0 Å². The van der Waals surface area contributed by atoms with Gasteiger partial charge in [-0.3, -0.25) is 0 Å². The Hall–Kier alpha value is -1.51. The average Bonchev–Trinajstić information content (AvgIpc) is 2.35. The van der Waals surface area contributed by atoms with E-state index in [1.165, 1.54) is 19.3 Å². The van der Waals surface area contributed by atoms with E-state index in [0.29, 0.717) is 16.1 Å². The molecular formula is C14H15ClN2. The molecule has 0 atom stereocenters. The molecule has 1 aromatic rings. The topological polar surface area (TPSA) is 47.6 Å². The zero-order valence-corrected chi connectivity index (χ0v) is 10.7. The first-order chi connectivity index (χ1) is 8.22. The maximum atomic E-state index is 8.93. The number of rotatable bonds is 5. The minimum Gasteiger partial charge on any atom is -0.192 e. The second-order valence-corrected chi connectivity index (χ2v) is 4.43. The fraction of sp³-hybridized carbons (Fsp3) is 0.429. The number of aryl methyl sites for hydroxylation is 1. The van der Waals surface area contributed by atoms with E-state index < -0.39 is 0 Å².